The maximum Gasteiger partial charge on any atom is 0.272 e. The number of hydrogen-bond acceptors (Lipinski definition) is 2. The van der Waals surface area contributed by atoms with E-state index in [4.69, 9.17) is 23.2 Å². The minimum Gasteiger partial charge on any atom is -0.326 e. The van der Waals surface area contributed by atoms with Crippen molar-refractivity contribution in [2.45, 2.75) is 37.8 Å². The molecule has 0 radical (unpaired) electrons. The van der Waals surface area contributed by atoms with E-state index < -0.39 is 5.66 Å². The number of benzene rings is 1. The fourth-order valence-electron chi connectivity index (χ4n) is 2.80. The van der Waals surface area contributed by atoms with Crippen LogP contribution in [0.25, 0.3) is 0 Å². The Labute approximate surface area is 122 Å². The molecule has 1 aliphatic heterocycles. The van der Waals surface area contributed by atoms with Crippen LogP contribution in [0.1, 0.15) is 37.7 Å². The lowest BCUT2D eigenvalue weighted by Gasteiger charge is -2.30. The van der Waals surface area contributed by atoms with Gasteiger partial charge >= 0.3 is 0 Å². The molecule has 19 heavy (non-hydrogen) atoms. The summed E-state index contributed by atoms with van der Waals surface area (Å²) >= 11 is 12.0. The van der Waals surface area contributed by atoms with Gasteiger partial charge in [-0.3, -0.25) is 9.79 Å². The average molecular weight is 297 g/mol. The van der Waals surface area contributed by atoms with Crippen LogP contribution < -0.4 is 5.32 Å². The van der Waals surface area contributed by atoms with Gasteiger partial charge in [0.15, 0.2) is 0 Å². The highest BCUT2D eigenvalue weighted by Crippen LogP contribution is 2.34. The van der Waals surface area contributed by atoms with Crippen LogP contribution in [0, 0.1) is 0 Å². The smallest absolute Gasteiger partial charge is 0.272 e. The number of nitrogens with one attached hydrogen (secondary N) is 1. The lowest BCUT2D eigenvalue weighted by Crippen LogP contribution is -2.43. The van der Waals surface area contributed by atoms with Gasteiger partial charge in [0.05, 0.1) is 5.02 Å². The third-order valence-corrected chi connectivity index (χ3v) is 4.30. The maximum atomic E-state index is 12.2. The predicted octanol–water partition coefficient (Wildman–Crippen LogP) is 3.57. The van der Waals surface area contributed by atoms with Crippen molar-refractivity contribution >= 4 is 34.8 Å². The molecule has 2 aliphatic rings. The molecule has 100 valence electrons. The van der Waals surface area contributed by atoms with Gasteiger partial charge in [0.2, 0.25) is 0 Å². The predicted molar refractivity (Wildman–Crippen MR) is 77.0 cm³/mol. The zero-order valence-corrected chi connectivity index (χ0v) is 11.9. The molecule has 3 rings (SSSR count). The van der Waals surface area contributed by atoms with Gasteiger partial charge in [0, 0.05) is 10.6 Å². The van der Waals surface area contributed by atoms with Gasteiger partial charge in [0.25, 0.3) is 5.91 Å². The number of amides is 1. The fraction of sp³-hybridized carbons (Fsp3) is 0.429. The van der Waals surface area contributed by atoms with Gasteiger partial charge < -0.3 is 5.32 Å². The quantitative estimate of drug-likeness (QED) is 0.846. The SMILES string of the molecule is O=C1NC2(CCCCC2)N=C1c1ccc(Cl)cc1Cl. The van der Waals surface area contributed by atoms with Crippen molar-refractivity contribution in [1.29, 1.82) is 0 Å². The first-order valence-electron chi connectivity index (χ1n) is 6.47. The molecule has 3 nitrogen and oxygen atoms in total. The summed E-state index contributed by atoms with van der Waals surface area (Å²) in [5.74, 6) is -0.133. The van der Waals surface area contributed by atoms with E-state index in [2.05, 4.69) is 10.3 Å². The molecular formula is C14H14Cl2N2O. The number of rotatable bonds is 1. The van der Waals surface area contributed by atoms with E-state index in [0.717, 1.165) is 25.7 Å². The molecule has 1 N–H and O–H groups in total. The van der Waals surface area contributed by atoms with Gasteiger partial charge in [-0.1, -0.05) is 29.6 Å². The van der Waals surface area contributed by atoms with E-state index in [9.17, 15) is 4.79 Å². The fourth-order valence-corrected chi connectivity index (χ4v) is 3.30. The van der Waals surface area contributed by atoms with Crippen LogP contribution in [-0.4, -0.2) is 17.3 Å². The third-order valence-electron chi connectivity index (χ3n) is 3.75. The summed E-state index contributed by atoms with van der Waals surface area (Å²) in [6, 6.07) is 5.12. The standard InChI is InChI=1S/C14H14Cl2N2O/c15-9-4-5-10(11(16)8-9)12-13(19)18-14(17-12)6-2-1-3-7-14/h4-5,8H,1-3,6-7H2,(H,18,19). The van der Waals surface area contributed by atoms with E-state index in [-0.39, 0.29) is 5.91 Å². The average Bonchev–Trinajstić information content (AvgIpc) is 2.67. The Balaban J connectivity index is 1.99. The molecular weight excluding hydrogens is 283 g/mol. The second-order valence-electron chi connectivity index (χ2n) is 5.13. The van der Waals surface area contributed by atoms with Crippen molar-refractivity contribution in [2.75, 3.05) is 0 Å². The highest BCUT2D eigenvalue weighted by molar-refractivity contribution is 6.50. The van der Waals surface area contributed by atoms with Crippen LogP contribution in [-0.2, 0) is 4.79 Å². The largest absolute Gasteiger partial charge is 0.326 e. The Bertz CT molecular complexity index is 563. The minimum absolute atomic E-state index is 0.133. The summed E-state index contributed by atoms with van der Waals surface area (Å²) < 4.78 is 0. The summed E-state index contributed by atoms with van der Waals surface area (Å²) in [4.78, 5) is 16.8. The molecule has 1 aromatic rings. The Hall–Kier alpha value is -1.06. The molecule has 1 heterocycles. The summed E-state index contributed by atoms with van der Waals surface area (Å²) in [6.45, 7) is 0. The number of aliphatic imine (C=N–C) groups is 1. The van der Waals surface area contributed by atoms with E-state index in [0.29, 0.717) is 21.3 Å². The molecule has 0 bridgehead atoms. The zero-order valence-electron chi connectivity index (χ0n) is 10.4. The van der Waals surface area contributed by atoms with Crippen molar-refractivity contribution in [1.82, 2.24) is 5.32 Å². The van der Waals surface area contributed by atoms with E-state index in [1.165, 1.54) is 6.42 Å². The lowest BCUT2D eigenvalue weighted by molar-refractivity contribution is -0.115. The highest BCUT2D eigenvalue weighted by Gasteiger charge is 2.40. The van der Waals surface area contributed by atoms with Crippen LogP contribution in [0.15, 0.2) is 23.2 Å². The van der Waals surface area contributed by atoms with Crippen molar-refractivity contribution in [2.24, 2.45) is 4.99 Å². The van der Waals surface area contributed by atoms with Gasteiger partial charge in [-0.15, -0.1) is 0 Å². The number of nitrogens with zero attached hydrogens (tertiary/aromatic N) is 1. The molecule has 1 aromatic carbocycles. The number of halogens is 2. The molecule has 0 atom stereocenters. The summed E-state index contributed by atoms with van der Waals surface area (Å²) in [7, 11) is 0. The van der Waals surface area contributed by atoms with Gasteiger partial charge in [-0.2, -0.15) is 0 Å². The molecule has 1 fully saturated rings. The summed E-state index contributed by atoms with van der Waals surface area (Å²) in [5, 5.41) is 4.05. The lowest BCUT2D eigenvalue weighted by atomic mass is 9.90. The molecule has 0 unspecified atom stereocenters. The van der Waals surface area contributed by atoms with Gasteiger partial charge in [-0.25, -0.2) is 0 Å². The van der Waals surface area contributed by atoms with E-state index in [1.54, 1.807) is 18.2 Å². The number of carbonyl (C=O) groups excluding carboxylic acids is 1. The molecule has 1 aliphatic carbocycles. The molecule has 0 aromatic heterocycles. The molecule has 5 heteroatoms. The number of hydrogen-bond donors (Lipinski definition) is 1. The molecule has 0 saturated heterocycles. The van der Waals surface area contributed by atoms with Crippen LogP contribution >= 0.6 is 23.2 Å². The third kappa shape index (κ3) is 2.37. The van der Waals surface area contributed by atoms with Crippen LogP contribution in [0.4, 0.5) is 0 Å². The molecule has 1 saturated carbocycles. The van der Waals surface area contributed by atoms with Crippen molar-refractivity contribution in [3.63, 3.8) is 0 Å². The zero-order chi connectivity index (χ0) is 13.5. The molecule has 1 spiro atoms. The van der Waals surface area contributed by atoms with Gasteiger partial charge in [0.1, 0.15) is 11.4 Å². The monoisotopic (exact) mass is 296 g/mol. The Morgan fingerprint density at radius 2 is 1.89 bits per heavy atom. The topological polar surface area (TPSA) is 41.5 Å². The Morgan fingerprint density at radius 1 is 1.16 bits per heavy atom. The van der Waals surface area contributed by atoms with Crippen LogP contribution in [0.3, 0.4) is 0 Å². The molecule has 1 amide bonds. The number of carbonyl (C=O) groups is 1. The van der Waals surface area contributed by atoms with Crippen LogP contribution in [0.5, 0.6) is 0 Å². The summed E-state index contributed by atoms with van der Waals surface area (Å²) in [6.07, 6.45) is 5.24. The maximum absolute atomic E-state index is 12.2. The minimum atomic E-state index is -0.395. The first-order chi connectivity index (χ1) is 9.10. The Morgan fingerprint density at radius 3 is 2.58 bits per heavy atom. The van der Waals surface area contributed by atoms with Crippen molar-refractivity contribution in [3.8, 4) is 0 Å². The van der Waals surface area contributed by atoms with E-state index >= 15 is 0 Å². The van der Waals surface area contributed by atoms with Gasteiger partial charge in [-0.05, 0) is 43.9 Å². The normalized spacial score (nSPS) is 21.4. The van der Waals surface area contributed by atoms with Crippen LogP contribution in [0.2, 0.25) is 10.0 Å². The highest BCUT2D eigenvalue weighted by atomic mass is 35.5. The first kappa shape index (κ1) is 12.9. The Kier molecular flexibility index (Phi) is 3.27. The summed E-state index contributed by atoms with van der Waals surface area (Å²) in [5.41, 5.74) is 0.697. The second-order valence-corrected chi connectivity index (χ2v) is 5.97. The second kappa shape index (κ2) is 4.80. The van der Waals surface area contributed by atoms with Crippen molar-refractivity contribution in [3.05, 3.63) is 33.8 Å². The van der Waals surface area contributed by atoms with E-state index in [1.807, 2.05) is 0 Å². The first-order valence-corrected chi connectivity index (χ1v) is 7.23. The van der Waals surface area contributed by atoms with Crippen molar-refractivity contribution < 1.29 is 4.79 Å².